The van der Waals surface area contributed by atoms with Crippen LogP contribution in [0.5, 0.6) is 0 Å². The molecule has 4 aromatic rings. The Morgan fingerprint density at radius 2 is 1.92 bits per heavy atom. The third kappa shape index (κ3) is 7.58. The van der Waals surface area contributed by atoms with Crippen molar-refractivity contribution in [2.45, 2.75) is 52.2 Å². The van der Waals surface area contributed by atoms with Crippen molar-refractivity contribution in [3.63, 3.8) is 0 Å². The van der Waals surface area contributed by atoms with Gasteiger partial charge in [0.05, 0.1) is 28.3 Å². The minimum absolute atomic E-state index is 0.0317. The van der Waals surface area contributed by atoms with Gasteiger partial charge in [0.2, 0.25) is 0 Å². The highest BCUT2D eigenvalue weighted by atomic mass is 32.1. The van der Waals surface area contributed by atoms with E-state index in [0.29, 0.717) is 37.4 Å². The van der Waals surface area contributed by atoms with Gasteiger partial charge in [-0.25, -0.2) is 19.2 Å². The first kappa shape index (κ1) is 27.2. The highest BCUT2D eigenvalue weighted by molar-refractivity contribution is 7.09. The summed E-state index contributed by atoms with van der Waals surface area (Å²) >= 11 is 1.34. The lowest BCUT2D eigenvalue weighted by atomic mass is 10.2. The number of hydrogen-bond acceptors (Lipinski definition) is 7. The predicted octanol–water partition coefficient (Wildman–Crippen LogP) is 4.90. The van der Waals surface area contributed by atoms with E-state index >= 15 is 0 Å². The highest BCUT2D eigenvalue weighted by Gasteiger charge is 2.22. The second-order valence-electron chi connectivity index (χ2n) is 9.76. The average Bonchev–Trinajstić information content (AvgIpc) is 3.51. The number of thiazole rings is 1. The Morgan fingerprint density at radius 3 is 2.68 bits per heavy atom. The van der Waals surface area contributed by atoms with Gasteiger partial charge in [-0.1, -0.05) is 12.1 Å². The maximum absolute atomic E-state index is 13.7. The minimum Gasteiger partial charge on any atom is -0.444 e. The number of aromatic amines is 1. The van der Waals surface area contributed by atoms with E-state index in [9.17, 15) is 14.0 Å². The number of nitrogens with one attached hydrogen (secondary N) is 2. The van der Waals surface area contributed by atoms with Gasteiger partial charge in [0.1, 0.15) is 22.9 Å². The van der Waals surface area contributed by atoms with E-state index in [1.54, 1.807) is 10.3 Å². The molecule has 0 saturated heterocycles. The van der Waals surface area contributed by atoms with Crippen LogP contribution in [0, 0.1) is 5.82 Å². The summed E-state index contributed by atoms with van der Waals surface area (Å²) in [6.45, 7) is 6.35. The first-order chi connectivity index (χ1) is 18.2. The van der Waals surface area contributed by atoms with Gasteiger partial charge in [0, 0.05) is 37.5 Å². The highest BCUT2D eigenvalue weighted by Crippen LogP contribution is 2.16. The molecule has 3 heterocycles. The molecular formula is C27H31FN6O3S. The zero-order valence-corrected chi connectivity index (χ0v) is 22.5. The van der Waals surface area contributed by atoms with Gasteiger partial charge < -0.3 is 19.9 Å². The zero-order chi connectivity index (χ0) is 27.1. The first-order valence-electron chi connectivity index (χ1n) is 12.4. The Balaban J connectivity index is 1.32. The lowest BCUT2D eigenvalue weighted by Crippen LogP contribution is -2.38. The number of pyridine rings is 1. The number of amides is 2. The van der Waals surface area contributed by atoms with E-state index in [1.165, 1.54) is 29.7 Å². The van der Waals surface area contributed by atoms with Crippen molar-refractivity contribution in [1.29, 1.82) is 0 Å². The van der Waals surface area contributed by atoms with Crippen molar-refractivity contribution >= 4 is 34.4 Å². The Kier molecular flexibility index (Phi) is 8.67. The summed E-state index contributed by atoms with van der Waals surface area (Å²) in [5, 5.41) is 5.01. The number of benzene rings is 1. The van der Waals surface area contributed by atoms with Gasteiger partial charge in [0.25, 0.3) is 5.91 Å². The molecule has 0 aliphatic carbocycles. The molecule has 2 N–H and O–H groups in total. The van der Waals surface area contributed by atoms with E-state index in [4.69, 9.17) is 4.74 Å². The van der Waals surface area contributed by atoms with Gasteiger partial charge in [0.15, 0.2) is 0 Å². The minimum atomic E-state index is -0.617. The van der Waals surface area contributed by atoms with E-state index in [-0.39, 0.29) is 17.9 Å². The van der Waals surface area contributed by atoms with Gasteiger partial charge >= 0.3 is 6.09 Å². The molecule has 4 rings (SSSR count). The molecule has 0 aliphatic heterocycles. The number of ether oxygens (including phenoxy) is 1. The lowest BCUT2D eigenvalue weighted by Gasteiger charge is -2.27. The molecule has 11 heteroatoms. The number of carbonyl (C=O) groups excluding carboxylic acids is 2. The van der Waals surface area contributed by atoms with Crippen LogP contribution in [0.25, 0.3) is 11.0 Å². The molecule has 0 spiro atoms. The third-order valence-corrected chi connectivity index (χ3v) is 6.47. The Bertz CT molecular complexity index is 1360. The number of H-pyrrole nitrogens is 1. The summed E-state index contributed by atoms with van der Waals surface area (Å²) in [4.78, 5) is 43.3. The number of imidazole rings is 1. The predicted molar refractivity (Wildman–Crippen MR) is 143 cm³/mol. The monoisotopic (exact) mass is 538 g/mol. The van der Waals surface area contributed by atoms with Gasteiger partial charge in [-0.05, 0) is 51.5 Å². The number of fused-ring (bicyclic) bond motifs is 1. The summed E-state index contributed by atoms with van der Waals surface area (Å²) < 4.78 is 19.4. The number of para-hydroxylation sites is 2. The summed E-state index contributed by atoms with van der Waals surface area (Å²) in [7, 11) is 0. The van der Waals surface area contributed by atoms with Crippen molar-refractivity contribution in [3.05, 3.63) is 76.0 Å². The topological polar surface area (TPSA) is 113 Å². The second kappa shape index (κ2) is 12.1. The fraction of sp³-hybridized carbons (Fsp3) is 0.370. The molecular weight excluding hydrogens is 507 g/mol. The molecule has 38 heavy (non-hydrogen) atoms. The molecule has 2 amide bonds. The summed E-state index contributed by atoms with van der Waals surface area (Å²) in [5.41, 5.74) is 1.69. The molecule has 0 atom stereocenters. The smallest absolute Gasteiger partial charge is 0.410 e. The molecule has 0 aliphatic rings. The van der Waals surface area contributed by atoms with Gasteiger partial charge in [-0.15, -0.1) is 11.3 Å². The molecule has 3 aromatic heterocycles. The fourth-order valence-electron chi connectivity index (χ4n) is 3.75. The molecule has 0 fully saturated rings. The molecule has 9 nitrogen and oxygen atoms in total. The third-order valence-electron chi connectivity index (χ3n) is 5.56. The van der Waals surface area contributed by atoms with Crippen LogP contribution < -0.4 is 5.32 Å². The normalized spacial score (nSPS) is 11.5. The number of carbonyl (C=O) groups is 2. The van der Waals surface area contributed by atoms with Crippen molar-refractivity contribution < 1.29 is 18.7 Å². The van der Waals surface area contributed by atoms with Crippen LogP contribution >= 0.6 is 11.3 Å². The largest absolute Gasteiger partial charge is 0.444 e. The van der Waals surface area contributed by atoms with E-state index in [2.05, 4.69) is 25.3 Å². The van der Waals surface area contributed by atoms with Crippen molar-refractivity contribution in [2.24, 2.45) is 0 Å². The van der Waals surface area contributed by atoms with E-state index < -0.39 is 23.4 Å². The van der Waals surface area contributed by atoms with Crippen molar-refractivity contribution in [3.8, 4) is 0 Å². The van der Waals surface area contributed by atoms with Crippen LogP contribution in [0.15, 0.2) is 48.0 Å². The molecule has 200 valence electrons. The zero-order valence-electron chi connectivity index (χ0n) is 21.7. The van der Waals surface area contributed by atoms with Crippen LogP contribution in [0.1, 0.15) is 54.2 Å². The number of aryl methyl sites for hydroxylation is 1. The number of hydrogen-bond donors (Lipinski definition) is 2. The van der Waals surface area contributed by atoms with Crippen LogP contribution in [-0.2, 0) is 24.1 Å². The number of nitrogens with zero attached hydrogens (tertiary/aromatic N) is 4. The first-order valence-corrected chi connectivity index (χ1v) is 13.3. The standard InChI is InChI=1S/C27H31FN6O3S/c1-27(2,3)37-26(36)34(14-7-11-23-31-19-9-4-5-10-20(19)32-23)15-12-24-33-22(17-38-24)25(35)30-16-21-18(28)8-6-13-29-21/h4-6,8-10,13,17H,7,11-12,14-16H2,1-3H3,(H,30,35)(H,31,32). The van der Waals surface area contributed by atoms with Gasteiger partial charge in [-0.2, -0.15) is 0 Å². The maximum Gasteiger partial charge on any atom is 0.410 e. The van der Waals surface area contributed by atoms with Crippen molar-refractivity contribution in [1.82, 2.24) is 30.2 Å². The van der Waals surface area contributed by atoms with Crippen LogP contribution in [0.2, 0.25) is 0 Å². The average molecular weight is 539 g/mol. The van der Waals surface area contributed by atoms with Crippen LogP contribution in [0.4, 0.5) is 9.18 Å². The number of rotatable bonds is 10. The summed E-state index contributed by atoms with van der Waals surface area (Å²) in [5.74, 6) is -0.0155. The van der Waals surface area contributed by atoms with Gasteiger partial charge in [-0.3, -0.25) is 9.78 Å². The SMILES string of the molecule is CC(C)(C)OC(=O)N(CCCc1nc2ccccc2[nH]1)CCc1nc(C(=O)NCc2ncccc2F)cs1. The summed E-state index contributed by atoms with van der Waals surface area (Å²) in [6, 6.07) is 10.6. The Morgan fingerprint density at radius 1 is 1.11 bits per heavy atom. The van der Waals surface area contributed by atoms with E-state index in [1.807, 2.05) is 45.0 Å². The molecule has 1 aromatic carbocycles. The molecule has 0 bridgehead atoms. The van der Waals surface area contributed by atoms with Crippen LogP contribution in [0.3, 0.4) is 0 Å². The Hall–Kier alpha value is -3.86. The molecule has 0 saturated carbocycles. The quantitative estimate of drug-likeness (QED) is 0.297. The lowest BCUT2D eigenvalue weighted by molar-refractivity contribution is 0.0249. The maximum atomic E-state index is 13.7. The Labute approximate surface area is 224 Å². The number of aromatic nitrogens is 4. The van der Waals surface area contributed by atoms with E-state index in [0.717, 1.165) is 16.9 Å². The fourth-order valence-corrected chi connectivity index (χ4v) is 4.51. The molecule has 0 unspecified atom stereocenters. The number of halogens is 1. The molecule has 0 radical (unpaired) electrons. The van der Waals surface area contributed by atoms with Crippen LogP contribution in [-0.4, -0.2) is 55.5 Å². The van der Waals surface area contributed by atoms with Crippen molar-refractivity contribution in [2.75, 3.05) is 13.1 Å². The second-order valence-corrected chi connectivity index (χ2v) is 10.7. The summed E-state index contributed by atoms with van der Waals surface area (Å²) in [6.07, 6.45) is 2.94.